The maximum atomic E-state index is 12.0. The number of anilines is 1. The molecule has 1 atom stereocenters. The van der Waals surface area contributed by atoms with E-state index < -0.39 is 17.9 Å². The lowest BCUT2D eigenvalue weighted by atomic mass is 10.1. The number of carbonyl (C=O) groups excluding carboxylic acids is 2. The fraction of sp³-hybridized carbons (Fsp3) is 0.167. The Morgan fingerprint density at radius 2 is 1.84 bits per heavy atom. The highest BCUT2D eigenvalue weighted by atomic mass is 16.5. The molecule has 7 heteroatoms. The summed E-state index contributed by atoms with van der Waals surface area (Å²) in [6.07, 6.45) is 0. The first-order chi connectivity index (χ1) is 11.9. The number of ether oxygens (including phenoxy) is 1. The van der Waals surface area contributed by atoms with Gasteiger partial charge in [0.15, 0.2) is 0 Å². The van der Waals surface area contributed by atoms with Crippen molar-refractivity contribution in [2.45, 2.75) is 13.0 Å². The number of nitriles is 1. The third kappa shape index (κ3) is 4.48. The van der Waals surface area contributed by atoms with Gasteiger partial charge in [0.05, 0.1) is 24.8 Å². The number of phenolic OH excluding ortho intramolecular Hbond substituents is 1. The van der Waals surface area contributed by atoms with Crippen LogP contribution in [0.3, 0.4) is 0 Å². The lowest BCUT2D eigenvalue weighted by Crippen LogP contribution is -2.36. The molecule has 0 radical (unpaired) electrons. The Hall–Kier alpha value is -3.53. The summed E-state index contributed by atoms with van der Waals surface area (Å²) in [6, 6.07) is 12.1. The van der Waals surface area contributed by atoms with Gasteiger partial charge in [-0.3, -0.25) is 9.59 Å². The van der Waals surface area contributed by atoms with Crippen LogP contribution in [0.4, 0.5) is 5.69 Å². The first kappa shape index (κ1) is 17.8. The molecule has 0 saturated carbocycles. The number of nitrogens with zero attached hydrogens (tertiary/aromatic N) is 1. The zero-order chi connectivity index (χ0) is 18.4. The highest BCUT2D eigenvalue weighted by molar-refractivity contribution is 6.39. The minimum absolute atomic E-state index is 0.0129. The maximum Gasteiger partial charge on any atom is 0.313 e. The van der Waals surface area contributed by atoms with Gasteiger partial charge in [0.25, 0.3) is 0 Å². The van der Waals surface area contributed by atoms with E-state index in [4.69, 9.17) is 10.00 Å². The Labute approximate surface area is 144 Å². The largest absolute Gasteiger partial charge is 0.508 e. The van der Waals surface area contributed by atoms with Crippen LogP contribution in [0.5, 0.6) is 11.5 Å². The monoisotopic (exact) mass is 339 g/mol. The average Bonchev–Trinajstić information content (AvgIpc) is 2.62. The number of carbonyl (C=O) groups is 2. The van der Waals surface area contributed by atoms with Gasteiger partial charge < -0.3 is 20.5 Å². The molecule has 128 valence electrons. The van der Waals surface area contributed by atoms with E-state index in [0.29, 0.717) is 22.6 Å². The van der Waals surface area contributed by atoms with Crippen molar-refractivity contribution in [2.24, 2.45) is 0 Å². The number of methoxy groups -OCH3 is 1. The minimum atomic E-state index is -0.848. The van der Waals surface area contributed by atoms with Crippen LogP contribution in [0, 0.1) is 11.3 Å². The number of nitrogens with one attached hydrogen (secondary N) is 2. The van der Waals surface area contributed by atoms with Crippen molar-refractivity contribution in [2.75, 3.05) is 12.4 Å². The molecule has 2 aromatic rings. The van der Waals surface area contributed by atoms with E-state index in [9.17, 15) is 14.7 Å². The van der Waals surface area contributed by atoms with E-state index in [0.717, 1.165) is 0 Å². The molecule has 2 rings (SSSR count). The molecular weight excluding hydrogens is 322 g/mol. The van der Waals surface area contributed by atoms with E-state index in [1.54, 1.807) is 19.1 Å². The smallest absolute Gasteiger partial charge is 0.313 e. The fourth-order valence-corrected chi connectivity index (χ4v) is 2.16. The lowest BCUT2D eigenvalue weighted by molar-refractivity contribution is -0.136. The number of rotatable bonds is 4. The molecule has 0 aliphatic carbocycles. The van der Waals surface area contributed by atoms with E-state index in [2.05, 4.69) is 10.6 Å². The van der Waals surface area contributed by atoms with E-state index in [1.807, 2.05) is 6.07 Å². The summed E-state index contributed by atoms with van der Waals surface area (Å²) in [5.41, 5.74) is 1.28. The number of phenols is 1. The molecule has 0 aliphatic rings. The van der Waals surface area contributed by atoms with Gasteiger partial charge in [0.2, 0.25) is 0 Å². The molecule has 25 heavy (non-hydrogen) atoms. The van der Waals surface area contributed by atoms with Crippen LogP contribution in [-0.2, 0) is 9.59 Å². The molecule has 0 unspecified atom stereocenters. The molecule has 7 nitrogen and oxygen atoms in total. The van der Waals surface area contributed by atoms with Crippen molar-refractivity contribution < 1.29 is 19.4 Å². The average molecular weight is 339 g/mol. The predicted octanol–water partition coefficient (Wildman–Crippen LogP) is 2.09. The van der Waals surface area contributed by atoms with Crippen LogP contribution >= 0.6 is 0 Å². The number of amides is 2. The molecule has 0 saturated heterocycles. The topological polar surface area (TPSA) is 111 Å². The first-order valence-electron chi connectivity index (χ1n) is 7.43. The van der Waals surface area contributed by atoms with Gasteiger partial charge >= 0.3 is 11.8 Å². The van der Waals surface area contributed by atoms with Gasteiger partial charge in [-0.25, -0.2) is 0 Å². The van der Waals surface area contributed by atoms with Gasteiger partial charge in [0, 0.05) is 11.3 Å². The molecule has 0 aliphatic heterocycles. The Balaban J connectivity index is 2.02. The van der Waals surface area contributed by atoms with Gasteiger partial charge in [-0.1, -0.05) is 0 Å². The summed E-state index contributed by atoms with van der Waals surface area (Å²) in [7, 11) is 1.49. The molecule has 0 spiro atoms. The Bertz CT molecular complexity index is 825. The summed E-state index contributed by atoms with van der Waals surface area (Å²) in [4.78, 5) is 24.0. The zero-order valence-electron chi connectivity index (χ0n) is 13.7. The van der Waals surface area contributed by atoms with Crippen LogP contribution in [0.15, 0.2) is 42.5 Å². The summed E-state index contributed by atoms with van der Waals surface area (Å²) < 4.78 is 5.08. The molecule has 0 heterocycles. The standard InChI is InChI=1S/C18H17N3O4/c1-11(15-9-14(25-2)7-8-16(15)22)20-17(23)18(24)21-13-5-3-12(10-19)4-6-13/h3-9,11,22H,1-2H3,(H,20,23)(H,21,24)/t11-/m0/s1. The van der Waals surface area contributed by atoms with Gasteiger partial charge in [-0.2, -0.15) is 5.26 Å². The summed E-state index contributed by atoms with van der Waals surface area (Å²) >= 11 is 0. The van der Waals surface area contributed by atoms with Crippen LogP contribution in [-0.4, -0.2) is 24.0 Å². The maximum absolute atomic E-state index is 12.0. The van der Waals surface area contributed by atoms with Crippen molar-refractivity contribution in [3.05, 3.63) is 53.6 Å². The second-order valence-electron chi connectivity index (χ2n) is 5.26. The SMILES string of the molecule is COc1ccc(O)c([C@H](C)NC(=O)C(=O)Nc2ccc(C#N)cc2)c1. The predicted molar refractivity (Wildman–Crippen MR) is 91.0 cm³/mol. The number of hydrogen-bond donors (Lipinski definition) is 3. The van der Waals surface area contributed by atoms with E-state index in [-0.39, 0.29) is 5.75 Å². The molecule has 0 fully saturated rings. The molecule has 0 aromatic heterocycles. The minimum Gasteiger partial charge on any atom is -0.508 e. The van der Waals surface area contributed by atoms with Crippen molar-refractivity contribution >= 4 is 17.5 Å². The second-order valence-corrected chi connectivity index (χ2v) is 5.26. The molecule has 2 amide bonds. The first-order valence-corrected chi connectivity index (χ1v) is 7.43. The summed E-state index contributed by atoms with van der Waals surface area (Å²) in [6.45, 7) is 1.64. The van der Waals surface area contributed by atoms with E-state index in [1.165, 1.54) is 37.4 Å². The zero-order valence-corrected chi connectivity index (χ0v) is 13.7. The number of benzene rings is 2. The fourth-order valence-electron chi connectivity index (χ4n) is 2.16. The Morgan fingerprint density at radius 3 is 2.44 bits per heavy atom. The van der Waals surface area contributed by atoms with Crippen molar-refractivity contribution in [3.63, 3.8) is 0 Å². The van der Waals surface area contributed by atoms with E-state index >= 15 is 0 Å². The highest BCUT2D eigenvalue weighted by Crippen LogP contribution is 2.28. The molecule has 2 aromatic carbocycles. The van der Waals surface area contributed by atoms with Gasteiger partial charge in [-0.15, -0.1) is 0 Å². The lowest BCUT2D eigenvalue weighted by Gasteiger charge is -2.16. The molecular formula is C18H17N3O4. The van der Waals surface area contributed by atoms with Crippen LogP contribution < -0.4 is 15.4 Å². The Morgan fingerprint density at radius 1 is 1.16 bits per heavy atom. The van der Waals surface area contributed by atoms with Crippen LogP contribution in [0.2, 0.25) is 0 Å². The summed E-state index contributed by atoms with van der Waals surface area (Å²) in [5.74, 6) is -1.19. The third-order valence-electron chi connectivity index (χ3n) is 3.53. The highest BCUT2D eigenvalue weighted by Gasteiger charge is 2.19. The van der Waals surface area contributed by atoms with Crippen LogP contribution in [0.1, 0.15) is 24.1 Å². The van der Waals surface area contributed by atoms with Crippen LogP contribution in [0.25, 0.3) is 0 Å². The van der Waals surface area contributed by atoms with Crippen molar-refractivity contribution in [1.29, 1.82) is 5.26 Å². The van der Waals surface area contributed by atoms with Gasteiger partial charge in [-0.05, 0) is 49.4 Å². The Kier molecular flexibility index (Phi) is 5.58. The molecule has 0 bridgehead atoms. The quantitative estimate of drug-likeness (QED) is 0.739. The number of aromatic hydroxyl groups is 1. The molecule has 3 N–H and O–H groups in total. The van der Waals surface area contributed by atoms with Crippen molar-refractivity contribution in [3.8, 4) is 17.6 Å². The second kappa shape index (κ2) is 7.84. The van der Waals surface area contributed by atoms with Gasteiger partial charge in [0.1, 0.15) is 11.5 Å². The normalized spacial score (nSPS) is 11.1. The third-order valence-corrected chi connectivity index (χ3v) is 3.53. The van der Waals surface area contributed by atoms with Crippen molar-refractivity contribution in [1.82, 2.24) is 5.32 Å². The summed E-state index contributed by atoms with van der Waals surface area (Å²) in [5, 5.41) is 23.6. The number of hydrogen-bond acceptors (Lipinski definition) is 5.